The van der Waals surface area contributed by atoms with E-state index in [4.69, 9.17) is 0 Å². The summed E-state index contributed by atoms with van der Waals surface area (Å²) in [6.07, 6.45) is 3.25. The zero-order chi connectivity index (χ0) is 7.56. The molecule has 64 valence electrons. The highest BCUT2D eigenvalue weighted by Crippen LogP contribution is 1.91. The molecule has 0 aliphatic heterocycles. The zero-order valence-electron chi connectivity index (χ0n) is 7.32. The third-order valence-corrected chi connectivity index (χ3v) is 1.77. The minimum absolute atomic E-state index is 0. The molecule has 0 radical (unpaired) electrons. The maximum absolute atomic E-state index is 3.18. The van der Waals surface area contributed by atoms with Crippen LogP contribution in [-0.4, -0.2) is 4.98 Å². The Bertz CT molecular complexity index is 198. The maximum atomic E-state index is 3.18. The predicted molar refractivity (Wildman–Crippen MR) is 40.8 cm³/mol. The molecule has 0 bridgehead atoms. The van der Waals surface area contributed by atoms with Crippen molar-refractivity contribution >= 4 is 0 Å². The van der Waals surface area contributed by atoms with Gasteiger partial charge in [-0.3, -0.25) is 0 Å². The largest absolute Gasteiger partial charge is 1.00 e. The van der Waals surface area contributed by atoms with Crippen molar-refractivity contribution < 1.29 is 28.5 Å². The second kappa shape index (κ2) is 4.74. The first-order valence-corrected chi connectivity index (χ1v) is 3.80. The average molecular weight is 266 g/mol. The number of imidazole rings is 1. The Morgan fingerprint density at radius 1 is 1.45 bits per heavy atom. The monoisotopic (exact) mass is 266 g/mol. The van der Waals surface area contributed by atoms with E-state index in [0.717, 1.165) is 6.54 Å². The van der Waals surface area contributed by atoms with Crippen LogP contribution in [0.1, 0.15) is 24.9 Å². The second-order valence-corrected chi connectivity index (χ2v) is 2.67. The molecule has 0 fully saturated rings. The van der Waals surface area contributed by atoms with E-state index in [1.165, 1.54) is 17.9 Å². The van der Waals surface area contributed by atoms with Crippen LogP contribution >= 0.6 is 0 Å². The molecule has 0 unspecified atom stereocenters. The third kappa shape index (κ3) is 2.47. The first-order valence-electron chi connectivity index (χ1n) is 3.80. The molecule has 0 aliphatic carbocycles. The van der Waals surface area contributed by atoms with Crippen LogP contribution < -0.4 is 28.5 Å². The molecule has 1 N–H and O–H groups in total. The normalized spacial score (nSPS) is 9.36. The highest BCUT2D eigenvalue weighted by atomic mass is 127. The van der Waals surface area contributed by atoms with Crippen molar-refractivity contribution in [1.29, 1.82) is 0 Å². The summed E-state index contributed by atoms with van der Waals surface area (Å²) < 4.78 is 2.29. The molecule has 0 spiro atoms. The summed E-state index contributed by atoms with van der Waals surface area (Å²) in [7, 11) is 0. The summed E-state index contributed by atoms with van der Waals surface area (Å²) in [6.45, 7) is 7.54. The van der Waals surface area contributed by atoms with Crippen LogP contribution in [0.15, 0.2) is 6.20 Å². The van der Waals surface area contributed by atoms with Crippen LogP contribution in [0.3, 0.4) is 0 Å². The van der Waals surface area contributed by atoms with E-state index in [9.17, 15) is 0 Å². The topological polar surface area (TPSA) is 19.7 Å². The Balaban J connectivity index is 0.000001000. The van der Waals surface area contributed by atoms with Crippen molar-refractivity contribution in [2.24, 2.45) is 0 Å². The number of H-pyrrole nitrogens is 1. The van der Waals surface area contributed by atoms with Gasteiger partial charge < -0.3 is 24.0 Å². The molecular formula is C8H15IN2. The van der Waals surface area contributed by atoms with Gasteiger partial charge in [0.15, 0.2) is 0 Å². The highest BCUT2D eigenvalue weighted by Gasteiger charge is 2.07. The molecule has 3 heteroatoms. The Morgan fingerprint density at radius 3 is 2.45 bits per heavy atom. The first kappa shape index (κ1) is 10.9. The fourth-order valence-corrected chi connectivity index (χ4v) is 1.20. The van der Waals surface area contributed by atoms with Crippen molar-refractivity contribution in [3.05, 3.63) is 17.7 Å². The summed E-state index contributed by atoms with van der Waals surface area (Å²) in [5, 5.41) is 0. The average Bonchev–Trinajstić information content (AvgIpc) is 2.20. The first-order chi connectivity index (χ1) is 4.75. The Morgan fingerprint density at radius 2 is 2.09 bits per heavy atom. The number of aryl methyl sites for hydroxylation is 2. The van der Waals surface area contributed by atoms with Crippen molar-refractivity contribution in [2.75, 3.05) is 0 Å². The van der Waals surface area contributed by atoms with Gasteiger partial charge in [0, 0.05) is 13.8 Å². The molecule has 0 saturated carbocycles. The smallest absolute Gasteiger partial charge is 0.251 e. The molecule has 0 aliphatic rings. The molecule has 0 saturated heterocycles. The summed E-state index contributed by atoms with van der Waals surface area (Å²) in [4.78, 5) is 3.18. The summed E-state index contributed by atoms with van der Waals surface area (Å²) >= 11 is 0. The van der Waals surface area contributed by atoms with Gasteiger partial charge in [-0.15, -0.1) is 0 Å². The van der Waals surface area contributed by atoms with E-state index in [0.29, 0.717) is 0 Å². The Kier molecular flexibility index (Phi) is 4.72. The summed E-state index contributed by atoms with van der Waals surface area (Å²) in [6, 6.07) is 0. The van der Waals surface area contributed by atoms with Gasteiger partial charge in [0.1, 0.15) is 11.9 Å². The van der Waals surface area contributed by atoms with Gasteiger partial charge in [0.2, 0.25) is 0 Å². The van der Waals surface area contributed by atoms with Gasteiger partial charge in [0.05, 0.1) is 6.54 Å². The van der Waals surface area contributed by atoms with E-state index < -0.39 is 0 Å². The summed E-state index contributed by atoms with van der Waals surface area (Å²) in [5.74, 6) is 1.25. The molecule has 0 atom stereocenters. The molecule has 1 heterocycles. The Hall–Kier alpha value is -0.0600. The van der Waals surface area contributed by atoms with Crippen molar-refractivity contribution in [3.63, 3.8) is 0 Å². The number of nitrogens with zero attached hydrogens (tertiary/aromatic N) is 1. The third-order valence-electron chi connectivity index (χ3n) is 1.77. The van der Waals surface area contributed by atoms with Crippen molar-refractivity contribution in [1.82, 2.24) is 4.98 Å². The maximum Gasteiger partial charge on any atom is 0.251 e. The van der Waals surface area contributed by atoms with Crippen LogP contribution in [0.5, 0.6) is 0 Å². The number of aromatic amines is 1. The lowest BCUT2D eigenvalue weighted by Crippen LogP contribution is -3.00. The number of hydrogen-bond donors (Lipinski definition) is 1. The molecule has 1 aromatic heterocycles. The van der Waals surface area contributed by atoms with Crippen LogP contribution in [-0.2, 0) is 6.54 Å². The van der Waals surface area contributed by atoms with Crippen LogP contribution in [0.25, 0.3) is 0 Å². The van der Waals surface area contributed by atoms with E-state index in [-0.39, 0.29) is 24.0 Å². The quantitative estimate of drug-likeness (QED) is 0.488. The zero-order valence-corrected chi connectivity index (χ0v) is 9.47. The highest BCUT2D eigenvalue weighted by molar-refractivity contribution is 4.85. The van der Waals surface area contributed by atoms with Gasteiger partial charge in [-0.05, 0) is 6.42 Å². The van der Waals surface area contributed by atoms with Gasteiger partial charge in [-0.2, -0.15) is 0 Å². The van der Waals surface area contributed by atoms with Crippen molar-refractivity contribution in [2.45, 2.75) is 33.7 Å². The number of aromatic nitrogens is 2. The molecule has 0 aromatic carbocycles. The number of hydrogen-bond acceptors (Lipinski definition) is 0. The lowest BCUT2D eigenvalue weighted by Gasteiger charge is -1.95. The van der Waals surface area contributed by atoms with Crippen LogP contribution in [0.2, 0.25) is 0 Å². The second-order valence-electron chi connectivity index (χ2n) is 2.67. The minimum Gasteiger partial charge on any atom is -1.00 e. The van der Waals surface area contributed by atoms with Crippen LogP contribution in [0.4, 0.5) is 0 Å². The van der Waals surface area contributed by atoms with Gasteiger partial charge in [-0.1, -0.05) is 6.92 Å². The number of nitrogens with one attached hydrogen (secondary N) is 1. The van der Waals surface area contributed by atoms with E-state index >= 15 is 0 Å². The van der Waals surface area contributed by atoms with Crippen LogP contribution in [0, 0.1) is 13.8 Å². The lowest BCUT2D eigenvalue weighted by atomic mass is 10.4. The lowest BCUT2D eigenvalue weighted by molar-refractivity contribution is -0.707. The van der Waals surface area contributed by atoms with Gasteiger partial charge >= 0.3 is 0 Å². The fraction of sp³-hybridized carbons (Fsp3) is 0.625. The molecule has 11 heavy (non-hydrogen) atoms. The number of rotatable bonds is 2. The molecule has 0 amide bonds. The summed E-state index contributed by atoms with van der Waals surface area (Å²) in [5.41, 5.74) is 1.32. The van der Waals surface area contributed by atoms with Crippen molar-refractivity contribution in [3.8, 4) is 0 Å². The Labute approximate surface area is 85.0 Å². The predicted octanol–water partition coefficient (Wildman–Crippen LogP) is -1.67. The standard InChI is InChI=1S/C8H14N2.HI/c1-4-5-10-7(2)6-9-8(10)3;/h6H,4-5H2,1-3H3;1H. The minimum atomic E-state index is 0. The number of halogens is 1. The molecule has 1 aromatic rings. The van der Waals surface area contributed by atoms with E-state index in [2.05, 4.69) is 30.3 Å². The fourth-order valence-electron chi connectivity index (χ4n) is 1.20. The molecule has 2 nitrogen and oxygen atoms in total. The van der Waals surface area contributed by atoms with E-state index in [1.54, 1.807) is 0 Å². The molecular weight excluding hydrogens is 251 g/mol. The van der Waals surface area contributed by atoms with Gasteiger partial charge in [0.25, 0.3) is 5.82 Å². The molecule has 1 rings (SSSR count). The SMILES string of the molecule is CCC[n+]1c(C)c[nH]c1C.[I-]. The van der Waals surface area contributed by atoms with E-state index in [1.807, 2.05) is 6.20 Å². The van der Waals surface area contributed by atoms with Gasteiger partial charge in [-0.25, -0.2) is 9.55 Å².